The number of amides is 1. The normalized spacial score (nSPS) is 10.3. The molecule has 0 radical (unpaired) electrons. The van der Waals surface area contributed by atoms with E-state index in [1.165, 1.54) is 0 Å². The highest BCUT2D eigenvalue weighted by Gasteiger charge is 2.03. The lowest BCUT2D eigenvalue weighted by Crippen LogP contribution is -2.29. The largest absolute Gasteiger partial charge is 0.493 e. The van der Waals surface area contributed by atoms with E-state index in [2.05, 4.69) is 10.4 Å². The number of rotatable bonds is 6. The van der Waals surface area contributed by atoms with Gasteiger partial charge in [-0.2, -0.15) is 0 Å². The fraction of sp³-hybridized carbons (Fsp3) is 0.231. The van der Waals surface area contributed by atoms with Crippen LogP contribution in [0.4, 0.5) is 0 Å². The molecule has 0 saturated heterocycles. The predicted octanol–water partition coefficient (Wildman–Crippen LogP) is 1.19. The zero-order valence-corrected chi connectivity index (χ0v) is 11.9. The molecule has 0 spiro atoms. The maximum atomic E-state index is 11.3. The summed E-state index contributed by atoms with van der Waals surface area (Å²) in [6.07, 6.45) is 3.68. The van der Waals surface area contributed by atoms with Gasteiger partial charge in [-0.15, -0.1) is 0 Å². The standard InChI is InChI=1S/C13H16N4O2S/c1-17-7-6-15-13(17)20-9-8-19-11-4-2-10(3-5-11)12(18)16-14/h2-7H,8-9,14H2,1H3,(H,16,18). The monoisotopic (exact) mass is 292 g/mol. The molecule has 7 heteroatoms. The molecule has 1 amide bonds. The summed E-state index contributed by atoms with van der Waals surface area (Å²) in [6, 6.07) is 6.83. The van der Waals surface area contributed by atoms with Gasteiger partial charge in [0.25, 0.3) is 5.91 Å². The van der Waals surface area contributed by atoms with Crippen LogP contribution in [0.2, 0.25) is 0 Å². The van der Waals surface area contributed by atoms with Crippen molar-refractivity contribution in [2.24, 2.45) is 12.9 Å². The van der Waals surface area contributed by atoms with Crippen molar-refractivity contribution in [1.29, 1.82) is 0 Å². The number of benzene rings is 1. The number of hydrogen-bond donors (Lipinski definition) is 2. The number of nitrogens with one attached hydrogen (secondary N) is 1. The van der Waals surface area contributed by atoms with E-state index in [1.807, 2.05) is 17.8 Å². The summed E-state index contributed by atoms with van der Waals surface area (Å²) in [5.74, 6) is 6.26. The topological polar surface area (TPSA) is 82.2 Å². The van der Waals surface area contributed by atoms with Gasteiger partial charge in [-0.1, -0.05) is 11.8 Å². The van der Waals surface area contributed by atoms with Crippen molar-refractivity contribution in [3.63, 3.8) is 0 Å². The Labute approximate surface area is 121 Å². The first-order valence-electron chi connectivity index (χ1n) is 6.04. The fourth-order valence-electron chi connectivity index (χ4n) is 1.57. The van der Waals surface area contributed by atoms with E-state index in [-0.39, 0.29) is 5.91 Å². The molecule has 20 heavy (non-hydrogen) atoms. The van der Waals surface area contributed by atoms with Crippen molar-refractivity contribution in [1.82, 2.24) is 15.0 Å². The average Bonchev–Trinajstić information content (AvgIpc) is 2.89. The minimum Gasteiger partial charge on any atom is -0.493 e. The molecular formula is C13H16N4O2S. The van der Waals surface area contributed by atoms with Gasteiger partial charge in [0.15, 0.2) is 5.16 Å². The third-order valence-electron chi connectivity index (χ3n) is 2.61. The van der Waals surface area contributed by atoms with Crippen LogP contribution in [-0.2, 0) is 7.05 Å². The first kappa shape index (κ1) is 14.4. The van der Waals surface area contributed by atoms with Gasteiger partial charge >= 0.3 is 0 Å². The maximum absolute atomic E-state index is 11.3. The number of aromatic nitrogens is 2. The van der Waals surface area contributed by atoms with Crippen LogP contribution >= 0.6 is 11.8 Å². The minimum atomic E-state index is -0.318. The van der Waals surface area contributed by atoms with Crippen LogP contribution in [0.1, 0.15) is 10.4 Å². The predicted molar refractivity (Wildman–Crippen MR) is 77.5 cm³/mol. The number of hydrazine groups is 1. The SMILES string of the molecule is Cn1ccnc1SCCOc1ccc(C(=O)NN)cc1. The quantitative estimate of drug-likeness (QED) is 0.275. The van der Waals surface area contributed by atoms with Gasteiger partial charge in [-0.3, -0.25) is 10.2 Å². The van der Waals surface area contributed by atoms with Gasteiger partial charge in [0.05, 0.1) is 6.61 Å². The fourth-order valence-corrected chi connectivity index (χ4v) is 2.32. The molecule has 1 heterocycles. The molecule has 0 saturated carbocycles. The Morgan fingerprint density at radius 2 is 2.20 bits per heavy atom. The molecule has 0 atom stereocenters. The number of nitrogens with zero attached hydrogens (tertiary/aromatic N) is 2. The van der Waals surface area contributed by atoms with E-state index in [4.69, 9.17) is 10.6 Å². The van der Waals surface area contributed by atoms with Crippen LogP contribution in [-0.4, -0.2) is 27.8 Å². The van der Waals surface area contributed by atoms with E-state index in [0.29, 0.717) is 12.2 Å². The van der Waals surface area contributed by atoms with Gasteiger partial charge in [-0.05, 0) is 24.3 Å². The second-order valence-electron chi connectivity index (χ2n) is 4.02. The molecular weight excluding hydrogens is 276 g/mol. The molecule has 0 unspecified atom stereocenters. The van der Waals surface area contributed by atoms with Crippen molar-refractivity contribution < 1.29 is 9.53 Å². The Hall–Kier alpha value is -1.99. The average molecular weight is 292 g/mol. The number of thioether (sulfide) groups is 1. The molecule has 106 valence electrons. The van der Waals surface area contributed by atoms with Gasteiger partial charge in [0, 0.05) is 30.8 Å². The van der Waals surface area contributed by atoms with Crippen molar-refractivity contribution in [3.8, 4) is 5.75 Å². The summed E-state index contributed by atoms with van der Waals surface area (Å²) in [4.78, 5) is 15.5. The van der Waals surface area contributed by atoms with Crippen LogP contribution in [0.25, 0.3) is 0 Å². The summed E-state index contributed by atoms with van der Waals surface area (Å²) in [5.41, 5.74) is 2.58. The zero-order chi connectivity index (χ0) is 14.4. The zero-order valence-electron chi connectivity index (χ0n) is 11.1. The number of aryl methyl sites for hydroxylation is 1. The van der Waals surface area contributed by atoms with E-state index in [0.717, 1.165) is 16.7 Å². The lowest BCUT2D eigenvalue weighted by atomic mass is 10.2. The highest BCUT2D eigenvalue weighted by atomic mass is 32.2. The highest BCUT2D eigenvalue weighted by Crippen LogP contribution is 2.16. The van der Waals surface area contributed by atoms with Crippen molar-refractivity contribution in [2.75, 3.05) is 12.4 Å². The van der Waals surface area contributed by atoms with Crippen molar-refractivity contribution in [3.05, 3.63) is 42.2 Å². The summed E-state index contributed by atoms with van der Waals surface area (Å²) in [6.45, 7) is 0.569. The number of imidazole rings is 1. The molecule has 1 aromatic carbocycles. The van der Waals surface area contributed by atoms with Crippen LogP contribution in [0.15, 0.2) is 41.8 Å². The molecule has 3 N–H and O–H groups in total. The molecule has 0 aliphatic rings. The van der Waals surface area contributed by atoms with Gasteiger partial charge in [0.2, 0.25) is 0 Å². The molecule has 2 rings (SSSR count). The molecule has 0 aliphatic heterocycles. The van der Waals surface area contributed by atoms with Crippen LogP contribution in [0, 0.1) is 0 Å². The second-order valence-corrected chi connectivity index (χ2v) is 5.08. The number of nitrogen functional groups attached to an aromatic ring is 1. The number of carbonyl (C=O) groups excluding carboxylic acids is 1. The van der Waals surface area contributed by atoms with E-state index in [9.17, 15) is 4.79 Å². The second kappa shape index (κ2) is 6.97. The first-order chi connectivity index (χ1) is 9.70. The number of nitrogens with two attached hydrogens (primary N) is 1. The molecule has 0 fully saturated rings. The molecule has 6 nitrogen and oxygen atoms in total. The number of hydrogen-bond acceptors (Lipinski definition) is 5. The van der Waals surface area contributed by atoms with Crippen LogP contribution in [0.5, 0.6) is 5.75 Å². The Morgan fingerprint density at radius 3 is 2.80 bits per heavy atom. The van der Waals surface area contributed by atoms with Crippen molar-refractivity contribution in [2.45, 2.75) is 5.16 Å². The van der Waals surface area contributed by atoms with E-state index in [1.54, 1.807) is 42.2 Å². The summed E-state index contributed by atoms with van der Waals surface area (Å²) in [7, 11) is 1.96. The van der Waals surface area contributed by atoms with Gasteiger partial charge < -0.3 is 9.30 Å². The molecule has 2 aromatic rings. The maximum Gasteiger partial charge on any atom is 0.265 e. The summed E-state index contributed by atoms with van der Waals surface area (Å²) >= 11 is 1.63. The Bertz CT molecular complexity index is 568. The Kier molecular flexibility index (Phi) is 5.03. The lowest BCUT2D eigenvalue weighted by Gasteiger charge is -2.06. The molecule has 0 bridgehead atoms. The Balaban J connectivity index is 1.77. The third-order valence-corrected chi connectivity index (χ3v) is 3.63. The van der Waals surface area contributed by atoms with E-state index >= 15 is 0 Å². The van der Waals surface area contributed by atoms with Gasteiger partial charge in [0.1, 0.15) is 5.75 Å². The third kappa shape index (κ3) is 3.75. The number of ether oxygens (including phenoxy) is 1. The number of carbonyl (C=O) groups is 1. The van der Waals surface area contributed by atoms with Gasteiger partial charge in [-0.25, -0.2) is 10.8 Å². The summed E-state index contributed by atoms with van der Waals surface area (Å²) in [5, 5.41) is 0.962. The summed E-state index contributed by atoms with van der Waals surface area (Å²) < 4.78 is 7.55. The molecule has 0 aliphatic carbocycles. The van der Waals surface area contributed by atoms with E-state index < -0.39 is 0 Å². The van der Waals surface area contributed by atoms with Crippen molar-refractivity contribution >= 4 is 17.7 Å². The highest BCUT2D eigenvalue weighted by molar-refractivity contribution is 7.99. The first-order valence-corrected chi connectivity index (χ1v) is 7.03. The lowest BCUT2D eigenvalue weighted by molar-refractivity contribution is 0.0953. The smallest absolute Gasteiger partial charge is 0.265 e. The molecule has 1 aromatic heterocycles. The van der Waals surface area contributed by atoms with Crippen LogP contribution < -0.4 is 16.0 Å². The Morgan fingerprint density at radius 1 is 1.45 bits per heavy atom. The minimum absolute atomic E-state index is 0.318. The van der Waals surface area contributed by atoms with Crippen LogP contribution in [0.3, 0.4) is 0 Å².